The predicted molar refractivity (Wildman–Crippen MR) is 134 cm³/mol. The average molecular weight is 551 g/mol. The van der Waals surface area contributed by atoms with Crippen LogP contribution in [-0.4, -0.2) is 30.8 Å². The summed E-state index contributed by atoms with van der Waals surface area (Å²) in [5, 5.41) is -1.19. The van der Waals surface area contributed by atoms with Crippen LogP contribution in [0.1, 0.15) is 75.2 Å². The molecule has 6 heteroatoms. The van der Waals surface area contributed by atoms with E-state index in [1.807, 2.05) is 20.8 Å². The zero-order valence-electron chi connectivity index (χ0n) is 19.9. The molecule has 30 heavy (non-hydrogen) atoms. The smallest absolute Gasteiger partial charge is 0.275 e. The molecule has 0 amide bonds. The van der Waals surface area contributed by atoms with Gasteiger partial charge in [0.25, 0.3) is 10.1 Å². The van der Waals surface area contributed by atoms with Crippen LogP contribution in [0.5, 0.6) is 0 Å². The zero-order valence-corrected chi connectivity index (χ0v) is 22.9. The van der Waals surface area contributed by atoms with Crippen molar-refractivity contribution in [3.05, 3.63) is 33.9 Å². The number of ketones is 1. The third-order valence-electron chi connectivity index (χ3n) is 6.88. The molecule has 172 valence electrons. The summed E-state index contributed by atoms with van der Waals surface area (Å²) in [6, 6.07) is 11.1. The monoisotopic (exact) mass is 550 g/mol. The number of carbonyl (C=O) groups excluding carboxylic acids is 1. The van der Waals surface area contributed by atoms with Crippen molar-refractivity contribution in [2.24, 2.45) is 16.7 Å². The van der Waals surface area contributed by atoms with Gasteiger partial charge in [-0.05, 0) is 24.2 Å². The molecule has 4 nitrogen and oxygen atoms in total. The van der Waals surface area contributed by atoms with Gasteiger partial charge in [-0.1, -0.05) is 20.8 Å². The third-order valence-corrected chi connectivity index (χ3v) is 16.5. The van der Waals surface area contributed by atoms with Crippen LogP contribution in [0.25, 0.3) is 0 Å². The first kappa shape index (κ1) is 25.8. The first-order chi connectivity index (χ1) is 13.3. The molecule has 2 aliphatic carbocycles. The summed E-state index contributed by atoms with van der Waals surface area (Å²) in [4.78, 5) is 12.0. The minimum Gasteiger partial charge on any atom is -0.297 e. The van der Waals surface area contributed by atoms with Crippen LogP contribution in [0.4, 0.5) is 0 Å². The SMILES string of the molecule is CC(C)(C)I(c1ccccc1)C(C)(C)C.CC12CCC(C(S(=O)(=O)O)C1=O)C2(C)C. The molecule has 0 heterocycles. The molecule has 0 saturated heterocycles. The normalized spacial score (nSPS) is 28.7. The molecule has 2 saturated carbocycles. The van der Waals surface area contributed by atoms with Gasteiger partial charge < -0.3 is 0 Å². The number of Topliss-reactive ketones (excluding diaryl/α,β-unsaturated/α-hetero) is 1. The molecule has 3 unspecified atom stereocenters. The summed E-state index contributed by atoms with van der Waals surface area (Å²) in [5.74, 6) is -0.531. The number of rotatable bonds is 2. The molecule has 2 bridgehead atoms. The summed E-state index contributed by atoms with van der Waals surface area (Å²) in [6.07, 6.45) is 1.44. The van der Waals surface area contributed by atoms with Crippen LogP contribution in [0.2, 0.25) is 0 Å². The van der Waals surface area contributed by atoms with E-state index in [4.69, 9.17) is 4.55 Å². The minimum atomic E-state index is -4.24. The van der Waals surface area contributed by atoms with Gasteiger partial charge in [-0.2, -0.15) is 8.42 Å². The second kappa shape index (κ2) is 8.14. The molecule has 1 N–H and O–H groups in total. The first-order valence-corrected chi connectivity index (χ1v) is 15.3. The Labute approximate surface area is 190 Å². The Morgan fingerprint density at radius 3 is 1.73 bits per heavy atom. The summed E-state index contributed by atoms with van der Waals surface area (Å²) in [6.45, 7) is 20.1. The number of carbonyl (C=O) groups is 1. The van der Waals surface area contributed by atoms with Crippen LogP contribution >= 0.6 is 19.8 Å². The average Bonchev–Trinajstić information content (AvgIpc) is 2.85. The Morgan fingerprint density at radius 1 is 0.967 bits per heavy atom. The van der Waals surface area contributed by atoms with E-state index in [1.165, 1.54) is 0 Å². The summed E-state index contributed by atoms with van der Waals surface area (Å²) in [7, 11) is -4.24. The van der Waals surface area contributed by atoms with E-state index in [-0.39, 0.29) is 17.1 Å². The number of hydrogen-bond acceptors (Lipinski definition) is 3. The van der Waals surface area contributed by atoms with Crippen LogP contribution in [-0.2, 0) is 14.9 Å². The van der Waals surface area contributed by atoms with Gasteiger partial charge in [0, 0.05) is 5.41 Å². The number of fused-ring (bicyclic) bond motifs is 2. The summed E-state index contributed by atoms with van der Waals surface area (Å²) in [5.41, 5.74) is -0.914. The minimum absolute atomic E-state index is 0.231. The van der Waals surface area contributed by atoms with Crippen molar-refractivity contribution in [1.29, 1.82) is 0 Å². The van der Waals surface area contributed by atoms with E-state index in [1.54, 1.807) is 3.57 Å². The number of alkyl halides is 2. The van der Waals surface area contributed by atoms with Crippen LogP contribution in [0.3, 0.4) is 0 Å². The van der Waals surface area contributed by atoms with Crippen LogP contribution < -0.4 is 0 Å². The standard InChI is InChI=1S/C14H23I.C10H16O4S/c1-13(2,3)15(14(4,5)6)12-10-8-7-9-11-12;1-9(2)6-4-5-10(9,3)8(11)7(6)15(12,13)14/h7-11H,1-6H3;6-7H,4-5H2,1-3H3,(H,12,13,14). The van der Waals surface area contributed by atoms with E-state index >= 15 is 0 Å². The van der Waals surface area contributed by atoms with Crippen molar-refractivity contribution in [3.63, 3.8) is 0 Å². The van der Waals surface area contributed by atoms with Crippen LogP contribution in [0.15, 0.2) is 30.3 Å². The second-order valence-corrected chi connectivity index (χ2v) is 22.1. The third kappa shape index (κ3) is 4.65. The van der Waals surface area contributed by atoms with E-state index in [9.17, 15) is 13.2 Å². The topological polar surface area (TPSA) is 71.4 Å². The Kier molecular flexibility index (Phi) is 7.00. The number of hydrogen-bond donors (Lipinski definition) is 1. The fraction of sp³-hybridized carbons (Fsp3) is 0.708. The molecule has 3 atom stereocenters. The molecule has 2 fully saturated rings. The molecule has 0 aliphatic heterocycles. The van der Waals surface area contributed by atoms with Crippen molar-refractivity contribution < 1.29 is 17.8 Å². The predicted octanol–water partition coefficient (Wildman–Crippen LogP) is 6.23. The van der Waals surface area contributed by atoms with Crippen molar-refractivity contribution >= 4 is 35.7 Å². The number of halogens is 1. The van der Waals surface area contributed by atoms with Crippen LogP contribution in [0, 0.1) is 20.3 Å². The maximum atomic E-state index is 12.0. The Hall–Kier alpha value is -0.470. The van der Waals surface area contributed by atoms with E-state index in [0.29, 0.717) is 13.3 Å². The van der Waals surface area contributed by atoms with Gasteiger partial charge in [0.15, 0.2) is 5.78 Å². The van der Waals surface area contributed by atoms with Crippen molar-refractivity contribution in [3.8, 4) is 0 Å². The molecule has 0 aromatic heterocycles. The zero-order chi connectivity index (χ0) is 23.3. The van der Waals surface area contributed by atoms with Gasteiger partial charge in [-0.3, -0.25) is 9.35 Å². The molecule has 0 spiro atoms. The molecule has 0 radical (unpaired) electrons. The van der Waals surface area contributed by atoms with Gasteiger partial charge >= 0.3 is 102 Å². The van der Waals surface area contributed by atoms with Gasteiger partial charge in [0.2, 0.25) is 0 Å². The van der Waals surface area contributed by atoms with Crippen molar-refractivity contribution in [1.82, 2.24) is 0 Å². The second-order valence-electron chi connectivity index (χ2n) is 11.2. The fourth-order valence-corrected chi connectivity index (χ4v) is 16.5. The maximum Gasteiger partial charge on any atom is 0.275 e. The molecule has 3 rings (SSSR count). The summed E-state index contributed by atoms with van der Waals surface area (Å²) >= 11 is -1.17. The molecular formula is C24H39IO4S. The quantitative estimate of drug-likeness (QED) is 0.269. The molecule has 1 aromatic carbocycles. The Morgan fingerprint density at radius 2 is 1.43 bits per heavy atom. The number of benzene rings is 1. The largest absolute Gasteiger partial charge is 0.297 e. The van der Waals surface area contributed by atoms with Crippen molar-refractivity contribution in [2.45, 2.75) is 87.2 Å². The van der Waals surface area contributed by atoms with Gasteiger partial charge in [0.1, 0.15) is 5.25 Å². The Bertz CT molecular complexity index is 864. The Balaban J connectivity index is 0.000000214. The van der Waals surface area contributed by atoms with Crippen molar-refractivity contribution in [2.75, 3.05) is 0 Å². The fourth-order valence-electron chi connectivity index (χ4n) is 5.39. The van der Waals surface area contributed by atoms with Gasteiger partial charge in [0.05, 0.1) is 0 Å². The molecular weight excluding hydrogens is 511 g/mol. The van der Waals surface area contributed by atoms with Gasteiger partial charge in [-0.15, -0.1) is 0 Å². The van der Waals surface area contributed by atoms with E-state index in [2.05, 4.69) is 71.9 Å². The first-order valence-electron chi connectivity index (χ1n) is 10.6. The summed E-state index contributed by atoms with van der Waals surface area (Å²) < 4.78 is 34.0. The van der Waals surface area contributed by atoms with Gasteiger partial charge in [-0.25, -0.2) is 0 Å². The maximum absolute atomic E-state index is 12.0. The molecule has 1 aromatic rings. The van der Waals surface area contributed by atoms with E-state index in [0.717, 1.165) is 6.42 Å². The van der Waals surface area contributed by atoms with E-state index < -0.39 is 40.6 Å². The molecule has 2 aliphatic rings.